The summed E-state index contributed by atoms with van der Waals surface area (Å²) in [6.07, 6.45) is 9.98. The van der Waals surface area contributed by atoms with Gasteiger partial charge in [0, 0.05) is 13.0 Å². The lowest BCUT2D eigenvalue weighted by Crippen LogP contribution is -2.32. The Labute approximate surface area is 127 Å². The summed E-state index contributed by atoms with van der Waals surface area (Å²) in [5.41, 5.74) is 1.06. The summed E-state index contributed by atoms with van der Waals surface area (Å²) in [6, 6.07) is 10.4. The highest BCUT2D eigenvalue weighted by Gasteiger charge is 2.41. The molecule has 1 saturated carbocycles. The standard InChI is InChI=1S/C19H26O2/c20-18(12-6-10-17-11-7-15-21-17)19(13-4-5-14-19)16-8-2-1-3-9-16/h1-3,8-9,17H,4-7,10-15H2. The van der Waals surface area contributed by atoms with Crippen LogP contribution in [-0.2, 0) is 14.9 Å². The molecule has 1 aromatic rings. The number of carbonyl (C=O) groups is 1. The van der Waals surface area contributed by atoms with Gasteiger partial charge in [0.15, 0.2) is 0 Å². The van der Waals surface area contributed by atoms with Gasteiger partial charge in [0.05, 0.1) is 11.5 Å². The van der Waals surface area contributed by atoms with Crippen molar-refractivity contribution in [3.8, 4) is 0 Å². The minimum Gasteiger partial charge on any atom is -0.378 e. The summed E-state index contributed by atoms with van der Waals surface area (Å²) < 4.78 is 5.66. The molecule has 2 heteroatoms. The van der Waals surface area contributed by atoms with Gasteiger partial charge in [-0.25, -0.2) is 0 Å². The fourth-order valence-corrected chi connectivity index (χ4v) is 4.07. The Morgan fingerprint density at radius 1 is 1.14 bits per heavy atom. The van der Waals surface area contributed by atoms with Crippen LogP contribution in [0.25, 0.3) is 0 Å². The van der Waals surface area contributed by atoms with Crippen LogP contribution in [0.4, 0.5) is 0 Å². The lowest BCUT2D eigenvalue weighted by atomic mass is 9.74. The number of Topliss-reactive ketones (excluding diaryl/α,β-unsaturated/α-hetero) is 1. The van der Waals surface area contributed by atoms with Crippen molar-refractivity contribution >= 4 is 5.78 Å². The summed E-state index contributed by atoms with van der Waals surface area (Å²) in [4.78, 5) is 12.9. The van der Waals surface area contributed by atoms with Gasteiger partial charge in [0.2, 0.25) is 0 Å². The quantitative estimate of drug-likeness (QED) is 0.774. The largest absolute Gasteiger partial charge is 0.378 e. The molecule has 21 heavy (non-hydrogen) atoms. The van der Waals surface area contributed by atoms with Gasteiger partial charge in [-0.2, -0.15) is 0 Å². The zero-order valence-corrected chi connectivity index (χ0v) is 12.9. The first-order valence-corrected chi connectivity index (χ1v) is 8.52. The van der Waals surface area contributed by atoms with E-state index in [2.05, 4.69) is 24.3 Å². The number of hydrogen-bond donors (Lipinski definition) is 0. The molecule has 2 aliphatic rings. The van der Waals surface area contributed by atoms with Crippen molar-refractivity contribution in [1.29, 1.82) is 0 Å². The first kappa shape index (κ1) is 14.8. The van der Waals surface area contributed by atoms with E-state index in [9.17, 15) is 4.79 Å². The Hall–Kier alpha value is -1.15. The maximum Gasteiger partial charge on any atom is 0.143 e. The van der Waals surface area contributed by atoms with Crippen molar-refractivity contribution in [2.45, 2.75) is 69.3 Å². The van der Waals surface area contributed by atoms with Gasteiger partial charge in [-0.1, -0.05) is 43.2 Å². The maximum atomic E-state index is 12.9. The lowest BCUT2D eigenvalue weighted by Gasteiger charge is -2.28. The fraction of sp³-hybridized carbons (Fsp3) is 0.632. The molecule has 0 bridgehead atoms. The van der Waals surface area contributed by atoms with Crippen molar-refractivity contribution in [2.75, 3.05) is 6.61 Å². The first-order chi connectivity index (χ1) is 10.3. The SMILES string of the molecule is O=C(CCCC1CCCO1)C1(c2ccccc2)CCCC1. The molecule has 1 atom stereocenters. The molecule has 1 unspecified atom stereocenters. The lowest BCUT2D eigenvalue weighted by molar-refractivity contribution is -0.124. The molecular weight excluding hydrogens is 260 g/mol. The fourth-order valence-electron chi connectivity index (χ4n) is 4.07. The summed E-state index contributed by atoms with van der Waals surface area (Å²) in [7, 11) is 0. The van der Waals surface area contributed by atoms with Gasteiger partial charge in [-0.05, 0) is 44.1 Å². The Kier molecular flexibility index (Phi) is 4.74. The minimum absolute atomic E-state index is 0.183. The van der Waals surface area contributed by atoms with Crippen LogP contribution in [0.2, 0.25) is 0 Å². The molecule has 2 nitrogen and oxygen atoms in total. The highest BCUT2D eigenvalue weighted by molar-refractivity contribution is 5.90. The van der Waals surface area contributed by atoms with Crippen LogP contribution in [0.3, 0.4) is 0 Å². The van der Waals surface area contributed by atoms with Gasteiger partial charge in [-0.15, -0.1) is 0 Å². The van der Waals surface area contributed by atoms with Gasteiger partial charge >= 0.3 is 0 Å². The highest BCUT2D eigenvalue weighted by atomic mass is 16.5. The zero-order valence-electron chi connectivity index (χ0n) is 12.9. The Balaban J connectivity index is 1.62. The van der Waals surface area contributed by atoms with Crippen LogP contribution in [0.5, 0.6) is 0 Å². The molecule has 0 radical (unpaired) electrons. The summed E-state index contributed by atoms with van der Waals surface area (Å²) >= 11 is 0. The van der Waals surface area contributed by atoms with E-state index < -0.39 is 0 Å². The van der Waals surface area contributed by atoms with E-state index in [0.717, 1.165) is 38.7 Å². The van der Waals surface area contributed by atoms with E-state index >= 15 is 0 Å². The van der Waals surface area contributed by atoms with E-state index in [1.54, 1.807) is 0 Å². The van der Waals surface area contributed by atoms with Crippen molar-refractivity contribution in [3.63, 3.8) is 0 Å². The topological polar surface area (TPSA) is 26.3 Å². The maximum absolute atomic E-state index is 12.9. The van der Waals surface area contributed by atoms with Crippen LogP contribution < -0.4 is 0 Å². The van der Waals surface area contributed by atoms with Crippen molar-refractivity contribution in [3.05, 3.63) is 35.9 Å². The van der Waals surface area contributed by atoms with Gasteiger partial charge in [0.25, 0.3) is 0 Å². The minimum atomic E-state index is -0.183. The molecule has 114 valence electrons. The van der Waals surface area contributed by atoms with E-state index in [-0.39, 0.29) is 5.41 Å². The highest BCUT2D eigenvalue weighted by Crippen LogP contribution is 2.43. The molecule has 2 fully saturated rings. The number of hydrogen-bond acceptors (Lipinski definition) is 2. The second-order valence-corrected chi connectivity index (χ2v) is 6.61. The van der Waals surface area contributed by atoms with Crippen molar-refractivity contribution in [1.82, 2.24) is 0 Å². The van der Waals surface area contributed by atoms with Gasteiger partial charge in [0.1, 0.15) is 5.78 Å². The van der Waals surface area contributed by atoms with Crippen molar-refractivity contribution < 1.29 is 9.53 Å². The molecule has 1 saturated heterocycles. The molecule has 0 amide bonds. The van der Waals surface area contributed by atoms with Gasteiger partial charge in [-0.3, -0.25) is 4.79 Å². The van der Waals surface area contributed by atoms with Gasteiger partial charge < -0.3 is 4.74 Å². The summed E-state index contributed by atoms with van der Waals surface area (Å²) in [6.45, 7) is 0.909. The van der Waals surface area contributed by atoms with E-state index in [4.69, 9.17) is 4.74 Å². The molecule has 0 spiro atoms. The average Bonchev–Trinajstić information content (AvgIpc) is 3.20. The number of ether oxygens (including phenoxy) is 1. The number of rotatable bonds is 6. The third kappa shape index (κ3) is 3.21. The molecule has 0 N–H and O–H groups in total. The Morgan fingerprint density at radius 2 is 1.90 bits per heavy atom. The molecule has 1 heterocycles. The van der Waals surface area contributed by atoms with E-state index in [0.29, 0.717) is 11.9 Å². The van der Waals surface area contributed by atoms with Crippen LogP contribution in [0, 0.1) is 0 Å². The number of ketones is 1. The number of carbonyl (C=O) groups excluding carboxylic acids is 1. The van der Waals surface area contributed by atoms with E-state index in [1.807, 2.05) is 6.07 Å². The molecule has 3 rings (SSSR count). The van der Waals surface area contributed by atoms with E-state index in [1.165, 1.54) is 31.2 Å². The number of benzene rings is 1. The summed E-state index contributed by atoms with van der Waals surface area (Å²) in [5.74, 6) is 0.462. The second-order valence-electron chi connectivity index (χ2n) is 6.61. The predicted molar refractivity (Wildman–Crippen MR) is 84.4 cm³/mol. The smallest absolute Gasteiger partial charge is 0.143 e. The Bertz CT molecular complexity index is 454. The molecule has 1 aliphatic heterocycles. The van der Waals surface area contributed by atoms with Crippen LogP contribution >= 0.6 is 0 Å². The van der Waals surface area contributed by atoms with Crippen LogP contribution in [0.1, 0.15) is 63.4 Å². The normalized spacial score (nSPS) is 24.3. The monoisotopic (exact) mass is 286 g/mol. The molecule has 1 aliphatic carbocycles. The summed E-state index contributed by atoms with van der Waals surface area (Å²) in [5, 5.41) is 0. The zero-order chi connectivity index (χ0) is 14.5. The van der Waals surface area contributed by atoms with Crippen LogP contribution in [-0.4, -0.2) is 18.5 Å². The molecular formula is C19H26O2. The Morgan fingerprint density at radius 3 is 2.57 bits per heavy atom. The van der Waals surface area contributed by atoms with Crippen LogP contribution in [0.15, 0.2) is 30.3 Å². The first-order valence-electron chi connectivity index (χ1n) is 8.52. The third-order valence-electron chi connectivity index (χ3n) is 5.27. The molecule has 1 aromatic carbocycles. The third-order valence-corrected chi connectivity index (χ3v) is 5.27. The average molecular weight is 286 g/mol. The van der Waals surface area contributed by atoms with Crippen molar-refractivity contribution in [2.24, 2.45) is 0 Å². The second kappa shape index (κ2) is 6.74. The predicted octanol–water partition coefficient (Wildman–Crippen LogP) is 4.42. The molecule has 0 aromatic heterocycles.